The molecule has 0 aliphatic heterocycles. The summed E-state index contributed by atoms with van der Waals surface area (Å²) in [6.45, 7) is 6.96. The summed E-state index contributed by atoms with van der Waals surface area (Å²) in [6, 6.07) is 0. The lowest BCUT2D eigenvalue weighted by Gasteiger charge is -2.18. The van der Waals surface area contributed by atoms with Crippen molar-refractivity contribution in [1.82, 2.24) is 6.15 Å². The van der Waals surface area contributed by atoms with Gasteiger partial charge in [-0.2, -0.15) is 0 Å². The molecule has 6 heteroatoms. The molecule has 0 bridgehead atoms. The van der Waals surface area contributed by atoms with E-state index >= 15 is 0 Å². The third-order valence-electron chi connectivity index (χ3n) is 5.48. The highest BCUT2D eigenvalue weighted by atomic mass is 31.1. The molecule has 0 atom stereocenters. The van der Waals surface area contributed by atoms with Gasteiger partial charge in [-0.25, -0.2) is 0 Å². The van der Waals surface area contributed by atoms with Gasteiger partial charge in [-0.05, 0) is 37.7 Å². The van der Waals surface area contributed by atoms with Crippen LogP contribution in [0.5, 0.6) is 0 Å². The molecule has 0 aromatic carbocycles. The van der Waals surface area contributed by atoms with E-state index in [0.29, 0.717) is 7.92 Å². The first-order chi connectivity index (χ1) is 14.1. The highest BCUT2D eigenvalue weighted by molar-refractivity contribution is 7.57. The predicted molar refractivity (Wildman–Crippen MR) is 139 cm³/mol. The minimum atomic E-state index is -2.17. The maximum atomic E-state index is 7.17. The van der Waals surface area contributed by atoms with E-state index in [0.717, 1.165) is 0 Å². The van der Waals surface area contributed by atoms with Gasteiger partial charge in [-0.3, -0.25) is 0 Å². The van der Waals surface area contributed by atoms with Crippen LogP contribution < -0.4 is 6.15 Å². The van der Waals surface area contributed by atoms with E-state index < -0.39 is 7.32 Å². The summed E-state index contributed by atoms with van der Waals surface area (Å²) in [5.74, 6) is 0. The van der Waals surface area contributed by atoms with E-state index in [1.165, 1.54) is 116 Å². The Morgan fingerprint density at radius 3 is 0.867 bits per heavy atom. The second-order valence-corrected chi connectivity index (χ2v) is 11.2. The van der Waals surface area contributed by atoms with Crippen molar-refractivity contribution in [2.75, 3.05) is 18.5 Å². The zero-order valence-corrected chi connectivity index (χ0v) is 21.8. The van der Waals surface area contributed by atoms with Gasteiger partial charge in [0.2, 0.25) is 0 Å². The van der Waals surface area contributed by atoms with E-state index in [1.807, 2.05) is 0 Å². The summed E-state index contributed by atoms with van der Waals surface area (Å²) >= 11 is 0. The van der Waals surface area contributed by atoms with Crippen LogP contribution in [0.15, 0.2) is 0 Å². The molecule has 0 radical (unpaired) electrons. The standard InChI is InChI=1S/C24H51P.BH3O3.H3N/c1-4-7-10-13-16-19-22-25(23-20-17-14-11-8-5-2)24-21-18-15-12-9-6-3;2-1(3)4;/h4-24H2,1-3H3;2-4H;1H3. The zero-order chi connectivity index (χ0) is 22.0. The third kappa shape index (κ3) is 35.8. The lowest BCUT2D eigenvalue weighted by atomic mass is 10.1. The molecule has 0 heterocycles. The smallest absolute Gasteiger partial charge is 0.402 e. The van der Waals surface area contributed by atoms with Gasteiger partial charge in [0.1, 0.15) is 0 Å². The molecule has 0 fully saturated rings. The Morgan fingerprint density at radius 1 is 0.433 bits per heavy atom. The summed E-state index contributed by atoms with van der Waals surface area (Å²) in [5.41, 5.74) is 0. The zero-order valence-electron chi connectivity index (χ0n) is 20.9. The van der Waals surface area contributed by atoms with Crippen LogP contribution in [-0.4, -0.2) is 40.9 Å². The number of unbranched alkanes of at least 4 members (excludes halogenated alkanes) is 15. The maximum absolute atomic E-state index is 7.17. The van der Waals surface area contributed by atoms with Crippen molar-refractivity contribution < 1.29 is 15.1 Å². The SMILES string of the molecule is CCCCCCCCP(CCCCCCCC)CCCCCCCC.N.OB(O)O. The summed E-state index contributed by atoms with van der Waals surface area (Å²) in [6.07, 6.45) is 31.2. The summed E-state index contributed by atoms with van der Waals surface area (Å²) < 4.78 is 0. The van der Waals surface area contributed by atoms with Gasteiger partial charge in [0, 0.05) is 0 Å². The Bertz CT molecular complexity index is 246. The highest BCUT2D eigenvalue weighted by Gasteiger charge is 2.07. The third-order valence-corrected chi connectivity index (χ3v) is 8.33. The van der Waals surface area contributed by atoms with Crippen LogP contribution in [0.4, 0.5) is 0 Å². The Morgan fingerprint density at radius 2 is 0.633 bits per heavy atom. The Labute approximate surface area is 191 Å². The molecule has 184 valence electrons. The number of rotatable bonds is 21. The van der Waals surface area contributed by atoms with Crippen LogP contribution in [0, 0.1) is 0 Å². The minimum Gasteiger partial charge on any atom is -0.402 e. The van der Waals surface area contributed by atoms with E-state index in [2.05, 4.69) is 20.8 Å². The van der Waals surface area contributed by atoms with Gasteiger partial charge >= 0.3 is 7.32 Å². The average Bonchev–Trinajstić information content (AvgIpc) is 2.68. The number of hydrogen-bond donors (Lipinski definition) is 4. The first-order valence-corrected chi connectivity index (χ1v) is 14.7. The molecule has 30 heavy (non-hydrogen) atoms. The van der Waals surface area contributed by atoms with Crippen molar-refractivity contribution >= 4 is 15.2 Å². The largest absolute Gasteiger partial charge is 0.631 e. The quantitative estimate of drug-likeness (QED) is 0.0821. The second-order valence-electron chi connectivity index (χ2n) is 8.49. The Kier molecular flexibility index (Phi) is 36.7. The monoisotopic (exact) mass is 449 g/mol. The molecular weight excluding hydrogens is 392 g/mol. The normalized spacial score (nSPS) is 10.5. The van der Waals surface area contributed by atoms with Gasteiger partial charge < -0.3 is 21.2 Å². The fraction of sp³-hybridized carbons (Fsp3) is 1.00. The fourth-order valence-electron chi connectivity index (χ4n) is 3.68. The lowest BCUT2D eigenvalue weighted by Crippen LogP contribution is -2.07. The highest BCUT2D eigenvalue weighted by Crippen LogP contribution is 2.39. The van der Waals surface area contributed by atoms with Crippen LogP contribution in [0.1, 0.15) is 136 Å². The molecule has 0 unspecified atom stereocenters. The van der Waals surface area contributed by atoms with Crippen molar-refractivity contribution in [3.8, 4) is 0 Å². The average molecular weight is 450 g/mol. The first kappa shape index (κ1) is 34.9. The van der Waals surface area contributed by atoms with E-state index in [1.54, 1.807) is 18.5 Å². The second kappa shape index (κ2) is 31.5. The molecule has 4 nitrogen and oxygen atoms in total. The van der Waals surface area contributed by atoms with Crippen molar-refractivity contribution in [3.05, 3.63) is 0 Å². The molecule has 0 saturated heterocycles. The van der Waals surface area contributed by atoms with Crippen LogP contribution in [-0.2, 0) is 0 Å². The first-order valence-electron chi connectivity index (χ1n) is 12.8. The molecule has 0 aromatic rings. The van der Waals surface area contributed by atoms with E-state index in [-0.39, 0.29) is 6.15 Å². The van der Waals surface area contributed by atoms with Gasteiger partial charge in [0.25, 0.3) is 0 Å². The molecule has 0 aliphatic carbocycles. The molecular formula is C24H57BNO3P. The van der Waals surface area contributed by atoms with E-state index in [4.69, 9.17) is 15.1 Å². The van der Waals surface area contributed by atoms with Crippen molar-refractivity contribution in [2.24, 2.45) is 0 Å². The van der Waals surface area contributed by atoms with Gasteiger partial charge in [0.15, 0.2) is 0 Å². The van der Waals surface area contributed by atoms with Gasteiger partial charge in [0.05, 0.1) is 0 Å². The topological polar surface area (TPSA) is 95.7 Å². The van der Waals surface area contributed by atoms with Crippen LogP contribution in [0.25, 0.3) is 0 Å². The summed E-state index contributed by atoms with van der Waals surface area (Å²) in [4.78, 5) is 0. The fourth-order valence-corrected chi connectivity index (χ4v) is 6.37. The van der Waals surface area contributed by atoms with Gasteiger partial charge in [-0.1, -0.05) is 117 Å². The number of hydrogen-bond acceptors (Lipinski definition) is 4. The molecule has 0 aromatic heterocycles. The van der Waals surface area contributed by atoms with Crippen molar-refractivity contribution in [2.45, 2.75) is 136 Å². The Balaban J connectivity index is -0.00000133. The predicted octanol–water partition coefficient (Wildman–Crippen LogP) is 7.66. The molecule has 0 amide bonds. The molecule has 0 aliphatic rings. The summed E-state index contributed by atoms with van der Waals surface area (Å²) in [5, 5.41) is 21.5. The van der Waals surface area contributed by atoms with Crippen molar-refractivity contribution in [1.29, 1.82) is 0 Å². The molecule has 0 saturated carbocycles. The van der Waals surface area contributed by atoms with E-state index in [9.17, 15) is 0 Å². The van der Waals surface area contributed by atoms with Crippen molar-refractivity contribution in [3.63, 3.8) is 0 Å². The maximum Gasteiger partial charge on any atom is 0.631 e. The minimum absolute atomic E-state index is 0. The molecule has 0 spiro atoms. The summed E-state index contributed by atoms with van der Waals surface area (Å²) in [7, 11) is -1.80. The van der Waals surface area contributed by atoms with Gasteiger partial charge in [-0.15, -0.1) is 7.92 Å². The van der Waals surface area contributed by atoms with Crippen LogP contribution in [0.2, 0.25) is 0 Å². The molecule has 6 N–H and O–H groups in total. The lowest BCUT2D eigenvalue weighted by molar-refractivity contribution is 0.278. The molecule has 0 rings (SSSR count). The van der Waals surface area contributed by atoms with Crippen LogP contribution in [0.3, 0.4) is 0 Å². The Hall–Kier alpha value is 0.335. The van der Waals surface area contributed by atoms with Crippen LogP contribution >= 0.6 is 7.92 Å².